The number of aromatic nitrogens is 1. The van der Waals surface area contributed by atoms with Gasteiger partial charge >= 0.3 is 0 Å². The minimum absolute atomic E-state index is 0.0399. The molecule has 0 fully saturated rings. The molecule has 1 heterocycles. The Morgan fingerprint density at radius 1 is 1.12 bits per heavy atom. The van der Waals surface area contributed by atoms with Gasteiger partial charge in [-0.3, -0.25) is 0 Å². The smallest absolute Gasteiger partial charge is 0.113 e. The van der Waals surface area contributed by atoms with Gasteiger partial charge in [0.05, 0.1) is 6.61 Å². The maximum absolute atomic E-state index is 9.02. The third kappa shape index (κ3) is 3.17. The highest BCUT2D eigenvalue weighted by Gasteiger charge is 1.92. The molecule has 0 aliphatic carbocycles. The number of pyridine rings is 1. The summed E-state index contributed by atoms with van der Waals surface area (Å²) in [5.41, 5.74) is 3.48. The van der Waals surface area contributed by atoms with E-state index < -0.39 is 0 Å². The number of benzene rings is 1. The fraction of sp³-hybridized carbons (Fsp3) is 0.133. The number of rotatable bonds is 1. The Bertz CT molecular complexity index is 579. The maximum atomic E-state index is 9.02. The molecule has 0 radical (unpaired) electrons. The molecular formula is C15H13NO. The molecule has 1 aromatic carbocycles. The molecule has 2 rings (SSSR count). The third-order valence-corrected chi connectivity index (χ3v) is 2.33. The number of aliphatic hydroxyl groups excluding tert-OH is 1. The van der Waals surface area contributed by atoms with Gasteiger partial charge in [-0.25, -0.2) is 4.98 Å². The van der Waals surface area contributed by atoms with Crippen LogP contribution in [0, 0.1) is 18.8 Å². The van der Waals surface area contributed by atoms with Crippen molar-refractivity contribution in [1.82, 2.24) is 4.98 Å². The van der Waals surface area contributed by atoms with E-state index in [1.165, 1.54) is 0 Å². The van der Waals surface area contributed by atoms with Crippen LogP contribution in [0.1, 0.15) is 22.5 Å². The van der Waals surface area contributed by atoms with E-state index in [0.29, 0.717) is 0 Å². The van der Waals surface area contributed by atoms with Crippen molar-refractivity contribution in [2.75, 3.05) is 0 Å². The summed E-state index contributed by atoms with van der Waals surface area (Å²) in [4.78, 5) is 4.31. The molecule has 1 aromatic heterocycles. The van der Waals surface area contributed by atoms with E-state index in [-0.39, 0.29) is 6.61 Å². The molecule has 2 heteroatoms. The van der Waals surface area contributed by atoms with E-state index in [9.17, 15) is 0 Å². The fourth-order valence-electron chi connectivity index (χ4n) is 1.50. The Kier molecular flexibility index (Phi) is 3.54. The Morgan fingerprint density at radius 2 is 1.94 bits per heavy atom. The first-order valence-corrected chi connectivity index (χ1v) is 5.43. The van der Waals surface area contributed by atoms with E-state index in [1.54, 1.807) is 0 Å². The second kappa shape index (κ2) is 5.29. The van der Waals surface area contributed by atoms with Crippen molar-refractivity contribution in [1.29, 1.82) is 0 Å². The highest BCUT2D eigenvalue weighted by atomic mass is 16.3. The normalized spacial score (nSPS) is 9.53. The molecule has 0 spiro atoms. The third-order valence-electron chi connectivity index (χ3n) is 2.33. The molecule has 0 aliphatic rings. The van der Waals surface area contributed by atoms with Gasteiger partial charge in [0, 0.05) is 11.3 Å². The summed E-state index contributed by atoms with van der Waals surface area (Å²) in [5.74, 6) is 6.05. The standard InChI is InChI=1S/C15H13NO/c1-12-4-2-7-15(16-12)9-8-13-5-3-6-14(10-13)11-17/h2-7,10,17H,11H2,1H3. The summed E-state index contributed by atoms with van der Waals surface area (Å²) < 4.78 is 0. The minimum atomic E-state index is 0.0399. The summed E-state index contributed by atoms with van der Waals surface area (Å²) in [6.45, 7) is 1.98. The molecule has 0 bridgehead atoms. The molecule has 0 saturated carbocycles. The lowest BCUT2D eigenvalue weighted by atomic mass is 10.1. The van der Waals surface area contributed by atoms with E-state index in [4.69, 9.17) is 5.11 Å². The Balaban J connectivity index is 2.26. The van der Waals surface area contributed by atoms with Crippen molar-refractivity contribution in [3.63, 3.8) is 0 Å². The van der Waals surface area contributed by atoms with E-state index in [1.807, 2.05) is 49.4 Å². The lowest BCUT2D eigenvalue weighted by Crippen LogP contribution is -1.86. The van der Waals surface area contributed by atoms with Crippen molar-refractivity contribution in [3.8, 4) is 11.8 Å². The lowest BCUT2D eigenvalue weighted by Gasteiger charge is -1.95. The highest BCUT2D eigenvalue weighted by molar-refractivity contribution is 5.41. The number of aryl methyl sites for hydroxylation is 1. The molecule has 2 nitrogen and oxygen atoms in total. The van der Waals surface area contributed by atoms with Gasteiger partial charge in [-0.2, -0.15) is 0 Å². The van der Waals surface area contributed by atoms with Crippen molar-refractivity contribution >= 4 is 0 Å². The molecule has 0 aliphatic heterocycles. The number of nitrogens with zero attached hydrogens (tertiary/aromatic N) is 1. The predicted octanol–water partition coefficient (Wildman–Crippen LogP) is 2.28. The molecule has 2 aromatic rings. The van der Waals surface area contributed by atoms with Gasteiger partial charge in [0.15, 0.2) is 0 Å². The summed E-state index contributed by atoms with van der Waals surface area (Å²) in [7, 11) is 0. The number of hydrogen-bond acceptors (Lipinski definition) is 2. The van der Waals surface area contributed by atoms with Crippen LogP contribution in [0.2, 0.25) is 0 Å². The molecule has 1 N–H and O–H groups in total. The zero-order chi connectivity index (χ0) is 12.1. The van der Waals surface area contributed by atoms with Gasteiger partial charge in [0.1, 0.15) is 5.69 Å². The van der Waals surface area contributed by atoms with Gasteiger partial charge in [-0.15, -0.1) is 0 Å². The van der Waals surface area contributed by atoms with Crippen LogP contribution < -0.4 is 0 Å². The van der Waals surface area contributed by atoms with Crippen LogP contribution in [0.5, 0.6) is 0 Å². The van der Waals surface area contributed by atoms with Crippen molar-refractivity contribution in [2.45, 2.75) is 13.5 Å². The first-order chi connectivity index (χ1) is 8.28. The molecule has 0 saturated heterocycles. The topological polar surface area (TPSA) is 33.1 Å². The maximum Gasteiger partial charge on any atom is 0.113 e. The van der Waals surface area contributed by atoms with E-state index in [0.717, 1.165) is 22.5 Å². The van der Waals surface area contributed by atoms with Crippen LogP contribution in [-0.2, 0) is 6.61 Å². The van der Waals surface area contributed by atoms with Crippen LogP contribution >= 0.6 is 0 Å². The van der Waals surface area contributed by atoms with E-state index in [2.05, 4.69) is 16.8 Å². The minimum Gasteiger partial charge on any atom is -0.392 e. The quantitative estimate of drug-likeness (QED) is 0.752. The lowest BCUT2D eigenvalue weighted by molar-refractivity contribution is 0.282. The van der Waals surface area contributed by atoms with Crippen LogP contribution in [0.15, 0.2) is 42.5 Å². The number of aliphatic hydroxyl groups is 1. The first-order valence-electron chi connectivity index (χ1n) is 5.43. The molecule has 0 amide bonds. The van der Waals surface area contributed by atoms with Gasteiger partial charge in [-0.1, -0.05) is 24.1 Å². The second-order valence-corrected chi connectivity index (χ2v) is 3.77. The van der Waals surface area contributed by atoms with Crippen molar-refractivity contribution in [2.24, 2.45) is 0 Å². The summed E-state index contributed by atoms with van der Waals surface area (Å²) in [6, 6.07) is 13.3. The fourth-order valence-corrected chi connectivity index (χ4v) is 1.50. The average Bonchev–Trinajstić information content (AvgIpc) is 2.37. The van der Waals surface area contributed by atoms with Crippen LogP contribution in [0.4, 0.5) is 0 Å². The first kappa shape index (κ1) is 11.4. The SMILES string of the molecule is Cc1cccc(C#Cc2cccc(CO)c2)n1. The molecule has 0 atom stereocenters. The average molecular weight is 223 g/mol. The number of hydrogen-bond donors (Lipinski definition) is 1. The summed E-state index contributed by atoms with van der Waals surface area (Å²) in [6.07, 6.45) is 0. The Morgan fingerprint density at radius 3 is 2.71 bits per heavy atom. The Hall–Kier alpha value is -2.11. The van der Waals surface area contributed by atoms with E-state index >= 15 is 0 Å². The van der Waals surface area contributed by atoms with Crippen LogP contribution in [0.3, 0.4) is 0 Å². The monoisotopic (exact) mass is 223 g/mol. The highest BCUT2D eigenvalue weighted by Crippen LogP contribution is 2.04. The van der Waals surface area contributed by atoms with Gasteiger partial charge < -0.3 is 5.11 Å². The predicted molar refractivity (Wildman–Crippen MR) is 67.3 cm³/mol. The summed E-state index contributed by atoms with van der Waals surface area (Å²) >= 11 is 0. The zero-order valence-electron chi connectivity index (χ0n) is 9.64. The van der Waals surface area contributed by atoms with Crippen LogP contribution in [0.25, 0.3) is 0 Å². The molecule has 84 valence electrons. The zero-order valence-corrected chi connectivity index (χ0v) is 9.64. The largest absolute Gasteiger partial charge is 0.392 e. The van der Waals surface area contributed by atoms with Crippen molar-refractivity contribution in [3.05, 3.63) is 65.0 Å². The van der Waals surface area contributed by atoms with Gasteiger partial charge in [0.25, 0.3) is 0 Å². The summed E-state index contributed by atoms with van der Waals surface area (Å²) in [5, 5.41) is 9.02. The molecular weight excluding hydrogens is 210 g/mol. The van der Waals surface area contributed by atoms with Crippen LogP contribution in [-0.4, -0.2) is 10.1 Å². The Labute approximate surface area is 101 Å². The van der Waals surface area contributed by atoms with Gasteiger partial charge in [0.2, 0.25) is 0 Å². The van der Waals surface area contributed by atoms with Crippen molar-refractivity contribution < 1.29 is 5.11 Å². The second-order valence-electron chi connectivity index (χ2n) is 3.77. The van der Waals surface area contributed by atoms with Gasteiger partial charge in [-0.05, 0) is 42.7 Å². The molecule has 17 heavy (non-hydrogen) atoms. The molecule has 0 unspecified atom stereocenters.